The van der Waals surface area contributed by atoms with Crippen LogP contribution >= 0.6 is 0 Å². The second-order valence-electron chi connectivity index (χ2n) is 11.1. The van der Waals surface area contributed by atoms with Crippen molar-refractivity contribution >= 4 is 12.1 Å². The molecule has 1 N–H and O–H groups in total. The minimum atomic E-state index is -0.515. The van der Waals surface area contributed by atoms with Crippen LogP contribution in [0.3, 0.4) is 0 Å². The number of rotatable bonds is 38. The molecule has 0 heterocycles. The van der Waals surface area contributed by atoms with Crippen LogP contribution < -0.4 is 5.32 Å². The van der Waals surface area contributed by atoms with Gasteiger partial charge in [0.05, 0.1) is 145 Å². The maximum absolute atomic E-state index is 11.5. The molecule has 0 aromatic heterocycles. The van der Waals surface area contributed by atoms with Gasteiger partial charge < -0.3 is 66.9 Å². The zero-order valence-electron chi connectivity index (χ0n) is 30.5. The van der Waals surface area contributed by atoms with E-state index in [1.807, 2.05) is 27.7 Å². The summed E-state index contributed by atoms with van der Waals surface area (Å²) in [6.45, 7) is 18.3. The number of ether oxygens (including phenoxy) is 13. The standard InChI is InChI=1S/C33H65NO15/c1-5-6-31(35)48-30-29-47-28-27-46-26-25-45-24-23-44-22-21-43-20-19-42-18-17-41-16-15-40-14-13-39-12-11-38-10-9-37-8-7-34-32(36)49-33(2,3)4/h5-30H2,1-4H3,(H,34,36). The molecule has 0 unspecified atom stereocenters. The van der Waals surface area contributed by atoms with Crippen molar-refractivity contribution in [3.05, 3.63) is 0 Å². The van der Waals surface area contributed by atoms with Crippen molar-refractivity contribution in [2.24, 2.45) is 0 Å². The molecule has 16 nitrogen and oxygen atoms in total. The molecule has 0 aromatic rings. The Kier molecular flexibility index (Phi) is 36.2. The zero-order chi connectivity index (χ0) is 35.9. The van der Waals surface area contributed by atoms with Crippen molar-refractivity contribution in [2.45, 2.75) is 46.1 Å². The van der Waals surface area contributed by atoms with E-state index in [0.717, 1.165) is 6.42 Å². The highest BCUT2D eigenvalue weighted by Crippen LogP contribution is 2.06. The van der Waals surface area contributed by atoms with Gasteiger partial charge in [-0.2, -0.15) is 0 Å². The molecule has 1 amide bonds. The van der Waals surface area contributed by atoms with Gasteiger partial charge in [0.15, 0.2) is 0 Å². The number of hydrogen-bond donors (Lipinski definition) is 1. The zero-order valence-corrected chi connectivity index (χ0v) is 30.5. The van der Waals surface area contributed by atoms with Gasteiger partial charge in [0.1, 0.15) is 12.2 Å². The number of amides is 1. The highest BCUT2D eigenvalue weighted by atomic mass is 16.6. The summed E-state index contributed by atoms with van der Waals surface area (Å²) in [6.07, 6.45) is 0.764. The van der Waals surface area contributed by atoms with Gasteiger partial charge in [-0.25, -0.2) is 4.79 Å². The molecule has 0 spiro atoms. The Bertz CT molecular complexity index is 712. The minimum Gasteiger partial charge on any atom is -0.463 e. The Hall–Kier alpha value is -1.70. The summed E-state index contributed by atoms with van der Waals surface area (Å²) in [5.41, 5.74) is -0.515. The molecule has 0 aliphatic heterocycles. The van der Waals surface area contributed by atoms with E-state index in [1.54, 1.807) is 0 Å². The van der Waals surface area contributed by atoms with Gasteiger partial charge in [0, 0.05) is 13.0 Å². The highest BCUT2D eigenvalue weighted by molar-refractivity contribution is 5.69. The summed E-state index contributed by atoms with van der Waals surface area (Å²) < 4.78 is 69.9. The Morgan fingerprint density at radius 1 is 0.429 bits per heavy atom. The lowest BCUT2D eigenvalue weighted by atomic mass is 10.2. The number of alkyl carbamates (subject to hydrolysis) is 1. The summed E-state index contributed by atoms with van der Waals surface area (Å²) in [6, 6.07) is 0. The Morgan fingerprint density at radius 3 is 0.959 bits per heavy atom. The maximum atomic E-state index is 11.5. The van der Waals surface area contributed by atoms with Crippen molar-refractivity contribution in [1.82, 2.24) is 5.32 Å². The van der Waals surface area contributed by atoms with E-state index >= 15 is 0 Å². The van der Waals surface area contributed by atoms with E-state index in [1.165, 1.54) is 0 Å². The largest absolute Gasteiger partial charge is 0.463 e. The molecule has 0 aliphatic carbocycles. The van der Waals surface area contributed by atoms with Gasteiger partial charge >= 0.3 is 12.1 Å². The smallest absolute Gasteiger partial charge is 0.407 e. The van der Waals surface area contributed by atoms with Crippen LogP contribution in [0.2, 0.25) is 0 Å². The minimum absolute atomic E-state index is 0.192. The first kappa shape index (κ1) is 47.3. The highest BCUT2D eigenvalue weighted by Gasteiger charge is 2.15. The van der Waals surface area contributed by atoms with Crippen molar-refractivity contribution in [3.63, 3.8) is 0 Å². The van der Waals surface area contributed by atoms with E-state index in [0.29, 0.717) is 158 Å². The molecule has 49 heavy (non-hydrogen) atoms. The summed E-state index contributed by atoms with van der Waals surface area (Å²) in [4.78, 5) is 22.7. The molecular weight excluding hydrogens is 650 g/mol. The molecule has 0 saturated heterocycles. The monoisotopic (exact) mass is 715 g/mol. The molecular formula is C33H65NO15. The Morgan fingerprint density at radius 2 is 0.694 bits per heavy atom. The lowest BCUT2D eigenvalue weighted by molar-refractivity contribution is -0.145. The number of hydrogen-bond acceptors (Lipinski definition) is 15. The van der Waals surface area contributed by atoms with E-state index in [-0.39, 0.29) is 12.6 Å². The third kappa shape index (κ3) is 42.4. The average molecular weight is 716 g/mol. The van der Waals surface area contributed by atoms with Gasteiger partial charge in [0.2, 0.25) is 0 Å². The first-order valence-corrected chi connectivity index (χ1v) is 17.3. The van der Waals surface area contributed by atoms with Gasteiger partial charge in [-0.05, 0) is 27.2 Å². The van der Waals surface area contributed by atoms with Gasteiger partial charge in [0.25, 0.3) is 0 Å². The molecule has 0 atom stereocenters. The molecule has 0 rings (SSSR count). The molecule has 0 aliphatic rings. The fourth-order valence-corrected chi connectivity index (χ4v) is 3.33. The van der Waals surface area contributed by atoms with E-state index in [2.05, 4.69) is 5.32 Å². The van der Waals surface area contributed by atoms with Crippen LogP contribution in [0.1, 0.15) is 40.5 Å². The molecule has 292 valence electrons. The van der Waals surface area contributed by atoms with E-state index < -0.39 is 11.7 Å². The third-order valence-corrected chi connectivity index (χ3v) is 5.58. The number of carbonyl (C=O) groups excluding carboxylic acids is 2. The predicted molar refractivity (Wildman–Crippen MR) is 179 cm³/mol. The fourth-order valence-electron chi connectivity index (χ4n) is 3.33. The van der Waals surface area contributed by atoms with Gasteiger partial charge in [-0.3, -0.25) is 4.79 Å². The second kappa shape index (κ2) is 37.6. The topological polar surface area (TPSA) is 166 Å². The van der Waals surface area contributed by atoms with E-state index in [9.17, 15) is 9.59 Å². The van der Waals surface area contributed by atoms with Crippen molar-refractivity contribution < 1.29 is 71.2 Å². The molecule has 0 saturated carbocycles. The normalized spacial score (nSPS) is 11.6. The summed E-state index contributed by atoms with van der Waals surface area (Å²) in [5.74, 6) is -0.192. The van der Waals surface area contributed by atoms with Crippen LogP contribution in [-0.4, -0.2) is 176 Å². The Balaban J connectivity index is 3.11. The molecule has 16 heteroatoms. The van der Waals surface area contributed by atoms with Crippen LogP contribution in [0.5, 0.6) is 0 Å². The van der Waals surface area contributed by atoms with Crippen LogP contribution in [-0.2, 0) is 66.4 Å². The first-order valence-electron chi connectivity index (χ1n) is 17.3. The lowest BCUT2D eigenvalue weighted by Crippen LogP contribution is -2.34. The average Bonchev–Trinajstić information content (AvgIpc) is 3.05. The fraction of sp³-hybridized carbons (Fsp3) is 0.939. The maximum Gasteiger partial charge on any atom is 0.407 e. The molecule has 0 radical (unpaired) electrons. The number of esters is 1. The SMILES string of the molecule is CCCC(=O)OCCOCCOCCOCCOCCOCCOCCOCCOCCOCCOCCOCCNC(=O)OC(C)(C)C. The van der Waals surface area contributed by atoms with Crippen LogP contribution in [0.15, 0.2) is 0 Å². The molecule has 0 fully saturated rings. The van der Waals surface area contributed by atoms with Crippen LogP contribution in [0, 0.1) is 0 Å². The van der Waals surface area contributed by atoms with Crippen molar-refractivity contribution in [2.75, 3.05) is 159 Å². The third-order valence-electron chi connectivity index (χ3n) is 5.58. The number of nitrogens with one attached hydrogen (secondary N) is 1. The van der Waals surface area contributed by atoms with Gasteiger partial charge in [-0.1, -0.05) is 6.92 Å². The van der Waals surface area contributed by atoms with Crippen molar-refractivity contribution in [3.8, 4) is 0 Å². The Labute approximate surface area is 293 Å². The van der Waals surface area contributed by atoms with E-state index in [4.69, 9.17) is 61.6 Å². The predicted octanol–water partition coefficient (Wildman–Crippen LogP) is 2.04. The molecule has 0 bridgehead atoms. The lowest BCUT2D eigenvalue weighted by Gasteiger charge is -2.19. The van der Waals surface area contributed by atoms with Gasteiger partial charge in [-0.15, -0.1) is 0 Å². The summed E-state index contributed by atoms with van der Waals surface area (Å²) in [5, 5.41) is 2.63. The summed E-state index contributed by atoms with van der Waals surface area (Å²) >= 11 is 0. The first-order chi connectivity index (χ1) is 23.8. The quantitative estimate of drug-likeness (QED) is 0.0729. The number of carbonyl (C=O) groups is 2. The molecule has 0 aromatic carbocycles. The van der Waals surface area contributed by atoms with Crippen molar-refractivity contribution in [1.29, 1.82) is 0 Å². The summed E-state index contributed by atoms with van der Waals surface area (Å²) in [7, 11) is 0. The van der Waals surface area contributed by atoms with Crippen LogP contribution in [0.25, 0.3) is 0 Å². The van der Waals surface area contributed by atoms with Crippen LogP contribution in [0.4, 0.5) is 4.79 Å². The second-order valence-corrected chi connectivity index (χ2v) is 11.1.